The molecule has 0 amide bonds. The zero-order valence-corrected chi connectivity index (χ0v) is 13.2. The van der Waals surface area contributed by atoms with Crippen molar-refractivity contribution in [2.24, 2.45) is 0 Å². The lowest BCUT2D eigenvalue weighted by atomic mass is 10.1. The molecule has 0 aliphatic heterocycles. The number of aliphatic hydroxyl groups is 1. The van der Waals surface area contributed by atoms with Crippen LogP contribution in [0.25, 0.3) is 0 Å². The van der Waals surface area contributed by atoms with E-state index in [4.69, 9.17) is 0 Å². The summed E-state index contributed by atoms with van der Waals surface area (Å²) in [5.41, 5.74) is 1.14. The molecule has 0 radical (unpaired) electrons. The van der Waals surface area contributed by atoms with Gasteiger partial charge in [-0.05, 0) is 26.2 Å². The molecule has 1 saturated carbocycles. The number of aromatic nitrogens is 2. The minimum absolute atomic E-state index is 0.104. The number of rotatable bonds is 6. The van der Waals surface area contributed by atoms with E-state index in [2.05, 4.69) is 34.4 Å². The third-order valence-corrected chi connectivity index (χ3v) is 4.09. The zero-order chi connectivity index (χ0) is 15.1. The van der Waals surface area contributed by atoms with Crippen LogP contribution in [-0.2, 0) is 6.42 Å². The standard InChI is InChI=1S/C16H28N4O/c1-3-8-12-15(17-4-2)18-11-19-16(12)20-13-9-6-5-7-10-14(13)21/h11,13-14,21H,3-10H2,1-2H3,(H2,17,18,19,20). The lowest BCUT2D eigenvalue weighted by Gasteiger charge is -2.24. The van der Waals surface area contributed by atoms with Gasteiger partial charge in [0.2, 0.25) is 0 Å². The lowest BCUT2D eigenvalue weighted by molar-refractivity contribution is 0.144. The summed E-state index contributed by atoms with van der Waals surface area (Å²) >= 11 is 0. The first kappa shape index (κ1) is 16.0. The minimum Gasteiger partial charge on any atom is -0.391 e. The van der Waals surface area contributed by atoms with E-state index in [9.17, 15) is 5.11 Å². The smallest absolute Gasteiger partial charge is 0.135 e. The van der Waals surface area contributed by atoms with Gasteiger partial charge in [-0.25, -0.2) is 9.97 Å². The summed E-state index contributed by atoms with van der Waals surface area (Å²) in [5.74, 6) is 1.80. The van der Waals surface area contributed by atoms with E-state index in [1.165, 1.54) is 12.8 Å². The molecule has 0 bridgehead atoms. The third kappa shape index (κ3) is 4.30. The Morgan fingerprint density at radius 1 is 1.14 bits per heavy atom. The predicted octanol–water partition coefficient (Wildman–Crippen LogP) is 2.97. The first-order valence-electron chi connectivity index (χ1n) is 8.28. The fourth-order valence-corrected chi connectivity index (χ4v) is 2.98. The molecule has 0 spiro atoms. The van der Waals surface area contributed by atoms with E-state index in [1.54, 1.807) is 6.33 Å². The third-order valence-electron chi connectivity index (χ3n) is 4.09. The molecular weight excluding hydrogens is 264 g/mol. The van der Waals surface area contributed by atoms with E-state index in [-0.39, 0.29) is 12.1 Å². The monoisotopic (exact) mass is 292 g/mol. The van der Waals surface area contributed by atoms with E-state index in [0.29, 0.717) is 0 Å². The summed E-state index contributed by atoms with van der Waals surface area (Å²) in [6.07, 6.45) is 8.70. The van der Waals surface area contributed by atoms with Crippen LogP contribution < -0.4 is 10.6 Å². The molecule has 1 aromatic heterocycles. The number of aliphatic hydroxyl groups excluding tert-OH is 1. The number of nitrogens with zero attached hydrogens (tertiary/aromatic N) is 2. The molecule has 1 aromatic rings. The molecule has 1 heterocycles. The van der Waals surface area contributed by atoms with Crippen LogP contribution in [0.2, 0.25) is 0 Å². The molecule has 2 rings (SSSR count). The highest BCUT2D eigenvalue weighted by molar-refractivity contribution is 5.57. The van der Waals surface area contributed by atoms with Crippen molar-refractivity contribution in [1.29, 1.82) is 0 Å². The van der Waals surface area contributed by atoms with Crippen LogP contribution >= 0.6 is 0 Å². The highest BCUT2D eigenvalue weighted by Gasteiger charge is 2.23. The molecule has 1 fully saturated rings. The van der Waals surface area contributed by atoms with Gasteiger partial charge in [0.05, 0.1) is 12.1 Å². The maximum absolute atomic E-state index is 10.3. The Labute approximate surface area is 127 Å². The van der Waals surface area contributed by atoms with Crippen molar-refractivity contribution in [3.05, 3.63) is 11.9 Å². The van der Waals surface area contributed by atoms with Crippen molar-refractivity contribution in [2.45, 2.75) is 70.9 Å². The Morgan fingerprint density at radius 3 is 2.67 bits per heavy atom. The summed E-state index contributed by atoms with van der Waals surface area (Å²) in [6.45, 7) is 5.08. The average Bonchev–Trinajstić information content (AvgIpc) is 2.68. The zero-order valence-electron chi connectivity index (χ0n) is 13.2. The first-order valence-corrected chi connectivity index (χ1v) is 8.28. The van der Waals surface area contributed by atoms with Crippen molar-refractivity contribution in [3.63, 3.8) is 0 Å². The largest absolute Gasteiger partial charge is 0.391 e. The molecular formula is C16H28N4O. The second-order valence-corrected chi connectivity index (χ2v) is 5.79. The van der Waals surface area contributed by atoms with Crippen molar-refractivity contribution in [2.75, 3.05) is 17.2 Å². The van der Waals surface area contributed by atoms with E-state index < -0.39 is 0 Å². The fourth-order valence-electron chi connectivity index (χ4n) is 2.98. The van der Waals surface area contributed by atoms with Gasteiger partial charge in [-0.3, -0.25) is 0 Å². The maximum Gasteiger partial charge on any atom is 0.135 e. The van der Waals surface area contributed by atoms with Gasteiger partial charge in [0.25, 0.3) is 0 Å². The predicted molar refractivity (Wildman–Crippen MR) is 86.7 cm³/mol. The summed E-state index contributed by atoms with van der Waals surface area (Å²) in [4.78, 5) is 8.78. The summed E-state index contributed by atoms with van der Waals surface area (Å²) in [5, 5.41) is 17.1. The Hall–Kier alpha value is -1.36. The number of hydrogen-bond donors (Lipinski definition) is 3. The van der Waals surface area contributed by atoms with E-state index >= 15 is 0 Å². The highest BCUT2D eigenvalue weighted by atomic mass is 16.3. The summed E-state index contributed by atoms with van der Waals surface area (Å²) < 4.78 is 0. The molecule has 1 aliphatic carbocycles. The van der Waals surface area contributed by atoms with E-state index in [0.717, 1.165) is 55.8 Å². The maximum atomic E-state index is 10.3. The Kier molecular flexibility index (Phi) is 6.23. The molecule has 0 saturated heterocycles. The van der Waals surface area contributed by atoms with Gasteiger partial charge in [-0.2, -0.15) is 0 Å². The van der Waals surface area contributed by atoms with Crippen molar-refractivity contribution < 1.29 is 5.11 Å². The quantitative estimate of drug-likeness (QED) is 0.703. The Morgan fingerprint density at radius 2 is 1.90 bits per heavy atom. The molecule has 3 N–H and O–H groups in total. The minimum atomic E-state index is -0.278. The number of anilines is 2. The second kappa shape index (κ2) is 8.17. The average molecular weight is 292 g/mol. The number of hydrogen-bond acceptors (Lipinski definition) is 5. The van der Waals surface area contributed by atoms with Crippen LogP contribution in [0, 0.1) is 0 Å². The summed E-state index contributed by atoms with van der Waals surface area (Å²) in [6, 6.07) is 0.104. The van der Waals surface area contributed by atoms with Crippen molar-refractivity contribution in [3.8, 4) is 0 Å². The second-order valence-electron chi connectivity index (χ2n) is 5.79. The SMILES string of the molecule is CCCc1c(NCC)ncnc1NC1CCCCCC1O. The van der Waals surface area contributed by atoms with Gasteiger partial charge in [0, 0.05) is 12.1 Å². The van der Waals surface area contributed by atoms with Gasteiger partial charge in [-0.1, -0.05) is 32.6 Å². The van der Waals surface area contributed by atoms with Crippen LogP contribution in [-0.4, -0.2) is 33.8 Å². The van der Waals surface area contributed by atoms with Gasteiger partial charge >= 0.3 is 0 Å². The Balaban J connectivity index is 2.19. The number of nitrogens with one attached hydrogen (secondary N) is 2. The normalized spacial score (nSPS) is 22.6. The molecule has 2 unspecified atom stereocenters. The van der Waals surface area contributed by atoms with E-state index in [1.807, 2.05) is 0 Å². The Bertz CT molecular complexity index is 438. The molecule has 1 aliphatic rings. The van der Waals surface area contributed by atoms with Gasteiger partial charge < -0.3 is 15.7 Å². The first-order chi connectivity index (χ1) is 10.3. The van der Waals surface area contributed by atoms with Crippen LogP contribution in [0.1, 0.15) is 57.9 Å². The lowest BCUT2D eigenvalue weighted by Crippen LogP contribution is -2.33. The molecule has 0 aromatic carbocycles. The van der Waals surface area contributed by atoms with Gasteiger partial charge in [-0.15, -0.1) is 0 Å². The molecule has 21 heavy (non-hydrogen) atoms. The van der Waals surface area contributed by atoms with Crippen LogP contribution in [0.15, 0.2) is 6.33 Å². The van der Waals surface area contributed by atoms with Crippen LogP contribution in [0.4, 0.5) is 11.6 Å². The van der Waals surface area contributed by atoms with Gasteiger partial charge in [0.15, 0.2) is 0 Å². The van der Waals surface area contributed by atoms with Crippen LogP contribution in [0.3, 0.4) is 0 Å². The summed E-state index contributed by atoms with van der Waals surface area (Å²) in [7, 11) is 0. The molecule has 5 heteroatoms. The molecule has 118 valence electrons. The van der Waals surface area contributed by atoms with Crippen molar-refractivity contribution >= 4 is 11.6 Å². The topological polar surface area (TPSA) is 70.1 Å². The highest BCUT2D eigenvalue weighted by Crippen LogP contribution is 2.26. The molecule has 2 atom stereocenters. The van der Waals surface area contributed by atoms with Crippen LogP contribution in [0.5, 0.6) is 0 Å². The molecule has 5 nitrogen and oxygen atoms in total. The van der Waals surface area contributed by atoms with Crippen molar-refractivity contribution in [1.82, 2.24) is 9.97 Å². The fraction of sp³-hybridized carbons (Fsp3) is 0.750. The van der Waals surface area contributed by atoms with Gasteiger partial charge in [0.1, 0.15) is 18.0 Å².